The number of rotatable bonds is 6. The summed E-state index contributed by atoms with van der Waals surface area (Å²) in [7, 11) is 0. The summed E-state index contributed by atoms with van der Waals surface area (Å²) < 4.78 is 11.0. The van der Waals surface area contributed by atoms with E-state index in [1.54, 1.807) is 6.92 Å². The summed E-state index contributed by atoms with van der Waals surface area (Å²) in [5.74, 6) is -0.259. The smallest absolute Gasteiger partial charge is 0.333 e. The normalized spacial score (nSPS) is 23.9. The highest BCUT2D eigenvalue weighted by atomic mass is 16.5. The van der Waals surface area contributed by atoms with E-state index in [0.717, 1.165) is 19.3 Å². The largest absolute Gasteiger partial charge is 0.463 e. The molecule has 0 radical (unpaired) electrons. The molecule has 0 amide bonds. The van der Waals surface area contributed by atoms with Crippen LogP contribution in [-0.4, -0.2) is 30.8 Å². The van der Waals surface area contributed by atoms with Crippen LogP contribution in [0.1, 0.15) is 46.5 Å². The van der Waals surface area contributed by atoms with Crippen LogP contribution in [0.25, 0.3) is 0 Å². The molecule has 0 aromatic rings. The maximum Gasteiger partial charge on any atom is 0.333 e. The van der Waals surface area contributed by atoms with Crippen molar-refractivity contribution in [1.82, 2.24) is 0 Å². The van der Waals surface area contributed by atoms with E-state index in [9.17, 15) is 4.79 Å². The van der Waals surface area contributed by atoms with Crippen LogP contribution < -0.4 is 5.73 Å². The van der Waals surface area contributed by atoms with Crippen molar-refractivity contribution >= 4 is 5.97 Å². The predicted octanol–water partition coefficient (Wildman–Crippen LogP) is 2.17. The molecule has 104 valence electrons. The van der Waals surface area contributed by atoms with Crippen LogP contribution >= 0.6 is 0 Å². The van der Waals surface area contributed by atoms with Crippen molar-refractivity contribution in [1.29, 1.82) is 0 Å². The summed E-state index contributed by atoms with van der Waals surface area (Å²) >= 11 is 0. The fourth-order valence-electron chi connectivity index (χ4n) is 2.22. The Hall–Kier alpha value is -0.870. The molecule has 2 atom stereocenters. The Morgan fingerprint density at radius 1 is 1.44 bits per heavy atom. The molecule has 0 heterocycles. The quantitative estimate of drug-likeness (QED) is 0.739. The molecule has 1 rings (SSSR count). The minimum Gasteiger partial charge on any atom is -0.463 e. The van der Waals surface area contributed by atoms with Crippen molar-refractivity contribution in [2.45, 2.75) is 64.7 Å². The number of nitrogens with two attached hydrogens (primary N) is 1. The van der Waals surface area contributed by atoms with Gasteiger partial charge in [0, 0.05) is 11.6 Å². The van der Waals surface area contributed by atoms with E-state index in [1.807, 2.05) is 6.08 Å². The van der Waals surface area contributed by atoms with Crippen LogP contribution in [0.2, 0.25) is 0 Å². The van der Waals surface area contributed by atoms with E-state index in [0.29, 0.717) is 18.6 Å². The molecule has 0 bridgehead atoms. The lowest BCUT2D eigenvalue weighted by Gasteiger charge is -2.28. The highest BCUT2D eigenvalue weighted by Gasteiger charge is 2.26. The number of hydrogen-bond acceptors (Lipinski definition) is 4. The Labute approximate surface area is 110 Å². The van der Waals surface area contributed by atoms with Gasteiger partial charge in [0.15, 0.2) is 0 Å². The molecule has 1 aliphatic rings. The van der Waals surface area contributed by atoms with Crippen molar-refractivity contribution in [3.8, 4) is 0 Å². The number of ether oxygens (including phenoxy) is 2. The second kappa shape index (κ2) is 7.54. The van der Waals surface area contributed by atoms with Crippen LogP contribution in [-0.2, 0) is 14.3 Å². The highest BCUT2D eigenvalue weighted by molar-refractivity contribution is 5.88. The van der Waals surface area contributed by atoms with Gasteiger partial charge in [-0.3, -0.25) is 0 Å². The lowest BCUT2D eigenvalue weighted by molar-refractivity contribution is -0.139. The Kier molecular flexibility index (Phi) is 6.36. The number of carbonyl (C=O) groups is 1. The summed E-state index contributed by atoms with van der Waals surface area (Å²) in [4.78, 5) is 11.7. The topological polar surface area (TPSA) is 61.5 Å². The summed E-state index contributed by atoms with van der Waals surface area (Å²) in [6.07, 6.45) is 5.38. The van der Waals surface area contributed by atoms with Crippen LogP contribution in [0, 0.1) is 0 Å². The fraction of sp³-hybridized carbons (Fsp3) is 0.786. The molecule has 0 saturated heterocycles. The van der Waals surface area contributed by atoms with Gasteiger partial charge in [0.05, 0.1) is 18.8 Å². The Bertz CT molecular complexity index is 297. The maximum atomic E-state index is 11.7. The van der Waals surface area contributed by atoms with E-state index < -0.39 is 0 Å². The number of carbonyl (C=O) groups excluding carboxylic acids is 1. The molecule has 0 aromatic heterocycles. The molecule has 4 heteroatoms. The van der Waals surface area contributed by atoms with E-state index >= 15 is 0 Å². The van der Waals surface area contributed by atoms with E-state index in [2.05, 4.69) is 13.8 Å². The molecule has 0 saturated carbocycles. The van der Waals surface area contributed by atoms with Gasteiger partial charge in [-0.1, -0.05) is 13.8 Å². The first-order chi connectivity index (χ1) is 8.60. The van der Waals surface area contributed by atoms with Gasteiger partial charge in [-0.05, 0) is 38.7 Å². The van der Waals surface area contributed by atoms with Gasteiger partial charge in [-0.2, -0.15) is 0 Å². The van der Waals surface area contributed by atoms with Gasteiger partial charge < -0.3 is 15.2 Å². The molecule has 0 aromatic carbocycles. The van der Waals surface area contributed by atoms with Gasteiger partial charge in [0.25, 0.3) is 0 Å². The van der Waals surface area contributed by atoms with Crippen LogP contribution in [0.4, 0.5) is 0 Å². The fourth-order valence-corrected chi connectivity index (χ4v) is 2.22. The molecule has 2 N–H and O–H groups in total. The molecule has 4 nitrogen and oxygen atoms in total. The van der Waals surface area contributed by atoms with Crippen molar-refractivity contribution in [2.24, 2.45) is 5.73 Å². The van der Waals surface area contributed by atoms with Crippen molar-refractivity contribution in [3.63, 3.8) is 0 Å². The first-order valence-electron chi connectivity index (χ1n) is 6.89. The standard InChI is InChI=1S/C14H25NO3/c1-4-12(5-2)18-13-8-10(7-11(15)9-13)14(16)17-6-3/h8,11-13H,4-7,9,15H2,1-3H3/t11?,13-/m1/s1. The lowest BCUT2D eigenvalue weighted by Crippen LogP contribution is -2.35. The second-order valence-electron chi connectivity index (χ2n) is 4.73. The minimum absolute atomic E-state index is 0.0197. The summed E-state index contributed by atoms with van der Waals surface area (Å²) in [6.45, 7) is 6.41. The summed E-state index contributed by atoms with van der Waals surface area (Å²) in [5.41, 5.74) is 6.64. The second-order valence-corrected chi connectivity index (χ2v) is 4.73. The zero-order chi connectivity index (χ0) is 13.5. The summed E-state index contributed by atoms with van der Waals surface area (Å²) in [5, 5.41) is 0. The van der Waals surface area contributed by atoms with Crippen molar-refractivity contribution < 1.29 is 14.3 Å². The van der Waals surface area contributed by atoms with Gasteiger partial charge in [-0.25, -0.2) is 4.79 Å². The number of hydrogen-bond donors (Lipinski definition) is 1. The van der Waals surface area contributed by atoms with Gasteiger partial charge in [0.2, 0.25) is 0 Å². The van der Waals surface area contributed by atoms with E-state index in [-0.39, 0.29) is 24.2 Å². The molecule has 1 unspecified atom stereocenters. The highest BCUT2D eigenvalue weighted by Crippen LogP contribution is 2.23. The third-order valence-corrected chi connectivity index (χ3v) is 3.22. The molecule has 0 aliphatic heterocycles. The third-order valence-electron chi connectivity index (χ3n) is 3.22. The molecular weight excluding hydrogens is 230 g/mol. The third kappa shape index (κ3) is 4.42. The van der Waals surface area contributed by atoms with Crippen LogP contribution in [0.3, 0.4) is 0 Å². The van der Waals surface area contributed by atoms with E-state index in [1.165, 1.54) is 0 Å². The SMILES string of the molecule is CCOC(=O)C1=C[C@@H](OC(CC)CC)CC(N)C1. The van der Waals surface area contributed by atoms with Gasteiger partial charge >= 0.3 is 5.97 Å². The van der Waals surface area contributed by atoms with E-state index in [4.69, 9.17) is 15.2 Å². The van der Waals surface area contributed by atoms with Crippen LogP contribution in [0.5, 0.6) is 0 Å². The average Bonchev–Trinajstić information content (AvgIpc) is 2.35. The Morgan fingerprint density at radius 3 is 2.67 bits per heavy atom. The molecule has 1 aliphatic carbocycles. The maximum absolute atomic E-state index is 11.7. The molecular formula is C14H25NO3. The van der Waals surface area contributed by atoms with Gasteiger partial charge in [0.1, 0.15) is 0 Å². The summed E-state index contributed by atoms with van der Waals surface area (Å²) in [6, 6.07) is -0.0197. The first kappa shape index (κ1) is 15.2. The monoisotopic (exact) mass is 255 g/mol. The Morgan fingerprint density at radius 2 is 2.11 bits per heavy atom. The predicted molar refractivity (Wildman–Crippen MR) is 71.2 cm³/mol. The lowest BCUT2D eigenvalue weighted by atomic mass is 9.93. The molecule has 0 spiro atoms. The van der Waals surface area contributed by atoms with Crippen LogP contribution in [0.15, 0.2) is 11.6 Å². The molecule has 0 fully saturated rings. The molecule has 18 heavy (non-hydrogen) atoms. The van der Waals surface area contributed by atoms with Crippen molar-refractivity contribution in [3.05, 3.63) is 11.6 Å². The first-order valence-corrected chi connectivity index (χ1v) is 6.89. The van der Waals surface area contributed by atoms with Crippen molar-refractivity contribution in [2.75, 3.05) is 6.61 Å². The van der Waals surface area contributed by atoms with Gasteiger partial charge in [-0.15, -0.1) is 0 Å². The minimum atomic E-state index is -0.259. The Balaban J connectivity index is 2.67. The zero-order valence-electron chi connectivity index (χ0n) is 11.6. The average molecular weight is 255 g/mol. The zero-order valence-corrected chi connectivity index (χ0v) is 11.6. The number of esters is 1.